The fourth-order valence-electron chi connectivity index (χ4n) is 2.41. The SMILES string of the molecule is CC(C)[C@@H](NC(=O)Cn1c(=O)c2c(ncn2C)n(C)c1=O)C(=O)O. The Morgan fingerprint density at radius 3 is 2.46 bits per heavy atom. The highest BCUT2D eigenvalue weighted by molar-refractivity contribution is 5.83. The predicted octanol–water partition coefficient (Wildman–Crippen LogP) is -1.34. The maximum atomic E-state index is 12.5. The molecule has 0 unspecified atom stereocenters. The molecule has 0 saturated carbocycles. The van der Waals surface area contributed by atoms with E-state index < -0.39 is 35.7 Å². The maximum Gasteiger partial charge on any atom is 0.332 e. The van der Waals surface area contributed by atoms with Gasteiger partial charge in [0.05, 0.1) is 6.33 Å². The number of carboxylic acid groups (broad SMARTS) is 1. The summed E-state index contributed by atoms with van der Waals surface area (Å²) in [5, 5.41) is 11.4. The van der Waals surface area contributed by atoms with Gasteiger partial charge < -0.3 is 15.0 Å². The van der Waals surface area contributed by atoms with Crippen molar-refractivity contribution >= 4 is 23.0 Å². The second-order valence-corrected chi connectivity index (χ2v) is 5.89. The van der Waals surface area contributed by atoms with E-state index in [2.05, 4.69) is 10.3 Å². The molecule has 2 aromatic heterocycles. The van der Waals surface area contributed by atoms with Crippen molar-refractivity contribution in [2.75, 3.05) is 0 Å². The molecular weight excluding hydrogens is 318 g/mol. The van der Waals surface area contributed by atoms with Crippen molar-refractivity contribution in [1.82, 2.24) is 24.0 Å². The van der Waals surface area contributed by atoms with Gasteiger partial charge in [0.2, 0.25) is 5.91 Å². The fourth-order valence-corrected chi connectivity index (χ4v) is 2.41. The minimum absolute atomic E-state index is 0.184. The normalized spacial score (nSPS) is 12.5. The predicted molar refractivity (Wildman–Crippen MR) is 84.6 cm³/mol. The summed E-state index contributed by atoms with van der Waals surface area (Å²) in [4.78, 5) is 52.0. The van der Waals surface area contributed by atoms with E-state index in [1.54, 1.807) is 20.9 Å². The van der Waals surface area contributed by atoms with E-state index in [-0.39, 0.29) is 17.1 Å². The molecule has 0 spiro atoms. The van der Waals surface area contributed by atoms with Gasteiger partial charge in [0.1, 0.15) is 12.6 Å². The summed E-state index contributed by atoms with van der Waals surface area (Å²) in [6.07, 6.45) is 1.40. The Labute approximate surface area is 136 Å². The van der Waals surface area contributed by atoms with Gasteiger partial charge >= 0.3 is 11.7 Å². The van der Waals surface area contributed by atoms with Crippen molar-refractivity contribution in [2.45, 2.75) is 26.4 Å². The van der Waals surface area contributed by atoms with Crippen LogP contribution < -0.4 is 16.6 Å². The number of rotatable bonds is 5. The highest BCUT2D eigenvalue weighted by Gasteiger charge is 2.24. The van der Waals surface area contributed by atoms with Crippen LogP contribution in [0, 0.1) is 5.92 Å². The summed E-state index contributed by atoms with van der Waals surface area (Å²) >= 11 is 0. The molecule has 2 heterocycles. The Hall–Kier alpha value is -2.91. The van der Waals surface area contributed by atoms with E-state index >= 15 is 0 Å². The van der Waals surface area contributed by atoms with E-state index in [4.69, 9.17) is 5.11 Å². The molecule has 24 heavy (non-hydrogen) atoms. The van der Waals surface area contributed by atoms with Crippen LogP contribution in [0.15, 0.2) is 15.9 Å². The Balaban J connectivity index is 2.42. The third-order valence-corrected chi connectivity index (χ3v) is 3.75. The highest BCUT2D eigenvalue weighted by atomic mass is 16.4. The summed E-state index contributed by atoms with van der Waals surface area (Å²) < 4.78 is 3.39. The number of aryl methyl sites for hydroxylation is 2. The lowest BCUT2D eigenvalue weighted by atomic mass is 10.1. The number of nitrogens with zero attached hydrogens (tertiary/aromatic N) is 4. The van der Waals surface area contributed by atoms with E-state index in [1.165, 1.54) is 22.5 Å². The molecular formula is C14H19N5O5. The first kappa shape index (κ1) is 17.4. The fraction of sp³-hybridized carbons (Fsp3) is 0.500. The molecule has 1 atom stereocenters. The number of amides is 1. The van der Waals surface area contributed by atoms with Crippen LogP contribution >= 0.6 is 0 Å². The van der Waals surface area contributed by atoms with Crippen molar-refractivity contribution in [1.29, 1.82) is 0 Å². The summed E-state index contributed by atoms with van der Waals surface area (Å²) in [5.41, 5.74) is -0.948. The van der Waals surface area contributed by atoms with Gasteiger partial charge in [0.15, 0.2) is 11.2 Å². The van der Waals surface area contributed by atoms with Crippen molar-refractivity contribution in [3.05, 3.63) is 27.2 Å². The number of aromatic nitrogens is 4. The monoisotopic (exact) mass is 337 g/mol. The van der Waals surface area contributed by atoms with Crippen LogP contribution in [-0.4, -0.2) is 41.7 Å². The number of carboxylic acids is 1. The van der Waals surface area contributed by atoms with E-state index in [0.717, 1.165) is 4.57 Å². The molecule has 0 aliphatic carbocycles. The average Bonchev–Trinajstić information content (AvgIpc) is 2.88. The van der Waals surface area contributed by atoms with Crippen LogP contribution in [0.2, 0.25) is 0 Å². The van der Waals surface area contributed by atoms with Crippen molar-refractivity contribution < 1.29 is 14.7 Å². The quantitative estimate of drug-likeness (QED) is 0.695. The van der Waals surface area contributed by atoms with Gasteiger partial charge in [0, 0.05) is 14.1 Å². The summed E-state index contributed by atoms with van der Waals surface area (Å²) in [5.74, 6) is -2.25. The molecule has 2 aromatic rings. The zero-order valence-corrected chi connectivity index (χ0v) is 13.8. The van der Waals surface area contributed by atoms with E-state index in [0.29, 0.717) is 0 Å². The van der Waals surface area contributed by atoms with E-state index in [1.807, 2.05) is 0 Å². The number of imidazole rings is 1. The number of aliphatic carboxylic acids is 1. The Bertz CT molecular complexity index is 920. The van der Waals surface area contributed by atoms with Gasteiger partial charge in [-0.3, -0.25) is 14.2 Å². The summed E-state index contributed by atoms with van der Waals surface area (Å²) in [6, 6.07) is -1.10. The first-order valence-electron chi connectivity index (χ1n) is 7.28. The number of carbonyl (C=O) groups is 2. The number of fused-ring (bicyclic) bond motifs is 1. The smallest absolute Gasteiger partial charge is 0.332 e. The van der Waals surface area contributed by atoms with E-state index in [9.17, 15) is 19.2 Å². The molecule has 0 aliphatic heterocycles. The number of carbonyl (C=O) groups excluding carboxylic acids is 1. The van der Waals surface area contributed by atoms with Gasteiger partial charge in [-0.05, 0) is 5.92 Å². The van der Waals surface area contributed by atoms with Crippen molar-refractivity contribution in [3.8, 4) is 0 Å². The van der Waals surface area contributed by atoms with Crippen LogP contribution in [-0.2, 0) is 30.2 Å². The minimum atomic E-state index is -1.18. The summed E-state index contributed by atoms with van der Waals surface area (Å²) in [6.45, 7) is 2.72. The molecule has 0 saturated heterocycles. The lowest BCUT2D eigenvalue weighted by Gasteiger charge is -2.18. The molecule has 0 aromatic carbocycles. The average molecular weight is 337 g/mol. The highest BCUT2D eigenvalue weighted by Crippen LogP contribution is 2.04. The van der Waals surface area contributed by atoms with Crippen LogP contribution in [0.5, 0.6) is 0 Å². The first-order valence-corrected chi connectivity index (χ1v) is 7.28. The zero-order chi connectivity index (χ0) is 18.2. The van der Waals surface area contributed by atoms with Crippen LogP contribution in [0.1, 0.15) is 13.8 Å². The largest absolute Gasteiger partial charge is 0.480 e. The van der Waals surface area contributed by atoms with Crippen molar-refractivity contribution in [2.24, 2.45) is 20.0 Å². The Morgan fingerprint density at radius 2 is 1.92 bits per heavy atom. The molecule has 1 amide bonds. The van der Waals surface area contributed by atoms with Gasteiger partial charge in [-0.1, -0.05) is 13.8 Å². The molecule has 0 radical (unpaired) electrons. The lowest BCUT2D eigenvalue weighted by Crippen LogP contribution is -2.49. The van der Waals surface area contributed by atoms with Gasteiger partial charge in [0.25, 0.3) is 5.56 Å². The molecule has 10 heteroatoms. The molecule has 130 valence electrons. The molecule has 0 fully saturated rings. The molecule has 0 aliphatic rings. The molecule has 2 N–H and O–H groups in total. The van der Waals surface area contributed by atoms with Crippen LogP contribution in [0.25, 0.3) is 11.2 Å². The standard InChI is InChI=1S/C14H19N5O5/c1-7(2)9(13(22)23)16-8(20)5-19-12(21)10-11(15-6-17(10)3)18(4)14(19)24/h6-7,9H,5H2,1-4H3,(H,16,20)(H,22,23)/t9-/m1/s1. The van der Waals surface area contributed by atoms with Crippen LogP contribution in [0.3, 0.4) is 0 Å². The minimum Gasteiger partial charge on any atom is -0.480 e. The maximum absolute atomic E-state index is 12.5. The number of hydrogen-bond acceptors (Lipinski definition) is 5. The Morgan fingerprint density at radius 1 is 1.29 bits per heavy atom. The number of hydrogen-bond donors (Lipinski definition) is 2. The zero-order valence-electron chi connectivity index (χ0n) is 13.8. The van der Waals surface area contributed by atoms with Gasteiger partial charge in [-0.25, -0.2) is 19.1 Å². The second kappa shape index (κ2) is 6.30. The molecule has 0 bridgehead atoms. The van der Waals surface area contributed by atoms with Gasteiger partial charge in [-0.2, -0.15) is 0 Å². The number of nitrogens with one attached hydrogen (secondary N) is 1. The van der Waals surface area contributed by atoms with Crippen LogP contribution in [0.4, 0.5) is 0 Å². The molecule has 10 nitrogen and oxygen atoms in total. The lowest BCUT2D eigenvalue weighted by molar-refractivity contribution is -0.143. The third-order valence-electron chi connectivity index (χ3n) is 3.75. The van der Waals surface area contributed by atoms with Gasteiger partial charge in [-0.15, -0.1) is 0 Å². The second-order valence-electron chi connectivity index (χ2n) is 5.89. The van der Waals surface area contributed by atoms with Crippen molar-refractivity contribution in [3.63, 3.8) is 0 Å². The third kappa shape index (κ3) is 2.94. The molecule has 2 rings (SSSR count). The first-order chi connectivity index (χ1) is 11.1. The summed E-state index contributed by atoms with van der Waals surface area (Å²) in [7, 11) is 3.05. The Kier molecular flexibility index (Phi) is 4.58. The topological polar surface area (TPSA) is 128 Å².